The fourth-order valence-corrected chi connectivity index (χ4v) is 3.46. The van der Waals surface area contributed by atoms with E-state index in [4.69, 9.17) is 4.74 Å². The van der Waals surface area contributed by atoms with Crippen LogP contribution in [0.1, 0.15) is 56.0 Å². The number of ether oxygens (including phenoxy) is 1. The molecule has 0 aromatic heterocycles. The number of nitriles is 1. The highest BCUT2D eigenvalue weighted by Gasteiger charge is 2.34. The second-order valence-corrected chi connectivity index (χ2v) is 9.44. The van der Waals surface area contributed by atoms with Gasteiger partial charge in [0.05, 0.1) is 6.07 Å². The number of alkyl carbamates (subject to hydrolysis) is 1. The highest BCUT2D eigenvalue weighted by Crippen LogP contribution is 2.25. The van der Waals surface area contributed by atoms with Crippen molar-refractivity contribution in [3.63, 3.8) is 0 Å². The smallest absolute Gasteiger partial charge is 0.408 e. The molecule has 3 amide bonds. The van der Waals surface area contributed by atoms with E-state index in [1.165, 1.54) is 11.8 Å². The summed E-state index contributed by atoms with van der Waals surface area (Å²) in [5.74, 6) is -0.999. The SMILES string of the molecule is Cc1ccc(C(C(=O)NCc2ccccc2)N(CC#N)C(=O)C(C)NC(=O)OC(C)(C)C)cc1C. The van der Waals surface area contributed by atoms with Crippen LogP contribution in [0.4, 0.5) is 4.79 Å². The Balaban J connectivity index is 2.36. The number of benzene rings is 2. The number of carbonyl (C=O) groups is 3. The van der Waals surface area contributed by atoms with Gasteiger partial charge in [-0.3, -0.25) is 9.59 Å². The van der Waals surface area contributed by atoms with Crippen molar-refractivity contribution in [2.45, 2.75) is 65.8 Å². The average Bonchev–Trinajstić information content (AvgIpc) is 2.78. The summed E-state index contributed by atoms with van der Waals surface area (Å²) >= 11 is 0. The van der Waals surface area contributed by atoms with Crippen molar-refractivity contribution in [1.82, 2.24) is 15.5 Å². The minimum Gasteiger partial charge on any atom is -0.444 e. The third kappa shape index (κ3) is 8.14. The Morgan fingerprint density at radius 1 is 1.06 bits per heavy atom. The van der Waals surface area contributed by atoms with E-state index in [0.29, 0.717) is 5.56 Å². The minimum atomic E-state index is -1.06. The molecule has 0 saturated carbocycles. The van der Waals surface area contributed by atoms with Crippen LogP contribution in [-0.2, 0) is 20.9 Å². The summed E-state index contributed by atoms with van der Waals surface area (Å²) in [5, 5.41) is 14.9. The summed E-state index contributed by atoms with van der Waals surface area (Å²) in [6.45, 7) is 10.4. The molecule has 8 nitrogen and oxygen atoms in total. The topological polar surface area (TPSA) is 112 Å². The lowest BCUT2D eigenvalue weighted by Gasteiger charge is -2.32. The van der Waals surface area contributed by atoms with E-state index in [1.807, 2.05) is 62.4 Å². The Labute approximate surface area is 207 Å². The molecule has 2 atom stereocenters. The molecule has 2 aromatic carbocycles. The molecule has 0 fully saturated rings. The fraction of sp³-hybridized carbons (Fsp3) is 0.407. The summed E-state index contributed by atoms with van der Waals surface area (Å²) in [5.41, 5.74) is 2.73. The molecule has 0 aliphatic rings. The summed E-state index contributed by atoms with van der Waals surface area (Å²) in [4.78, 5) is 40.3. The van der Waals surface area contributed by atoms with Gasteiger partial charge in [-0.1, -0.05) is 48.5 Å². The van der Waals surface area contributed by atoms with Crippen molar-refractivity contribution >= 4 is 17.9 Å². The van der Waals surface area contributed by atoms with Gasteiger partial charge in [0.25, 0.3) is 0 Å². The molecule has 8 heteroatoms. The van der Waals surface area contributed by atoms with Gasteiger partial charge in [-0.25, -0.2) is 4.79 Å². The largest absolute Gasteiger partial charge is 0.444 e. The molecule has 0 saturated heterocycles. The first-order valence-corrected chi connectivity index (χ1v) is 11.5. The lowest BCUT2D eigenvalue weighted by Crippen LogP contribution is -2.52. The quantitative estimate of drug-likeness (QED) is 0.559. The third-order valence-corrected chi connectivity index (χ3v) is 5.34. The molecule has 0 heterocycles. The van der Waals surface area contributed by atoms with Crippen LogP contribution in [0.25, 0.3) is 0 Å². The van der Waals surface area contributed by atoms with Crippen molar-refractivity contribution < 1.29 is 19.1 Å². The molecule has 0 aliphatic carbocycles. The third-order valence-electron chi connectivity index (χ3n) is 5.34. The van der Waals surface area contributed by atoms with Gasteiger partial charge in [0.15, 0.2) is 0 Å². The molecule has 2 N–H and O–H groups in total. The van der Waals surface area contributed by atoms with Crippen LogP contribution in [0.5, 0.6) is 0 Å². The Morgan fingerprint density at radius 3 is 2.29 bits per heavy atom. The lowest BCUT2D eigenvalue weighted by molar-refractivity contribution is -0.141. The van der Waals surface area contributed by atoms with Crippen LogP contribution < -0.4 is 10.6 Å². The molecule has 0 bridgehead atoms. The van der Waals surface area contributed by atoms with Gasteiger partial charge in [0.2, 0.25) is 11.8 Å². The summed E-state index contributed by atoms with van der Waals surface area (Å²) in [6, 6.07) is 14.8. The number of aryl methyl sites for hydroxylation is 2. The van der Waals surface area contributed by atoms with E-state index >= 15 is 0 Å². The van der Waals surface area contributed by atoms with E-state index in [2.05, 4.69) is 10.6 Å². The van der Waals surface area contributed by atoms with Gasteiger partial charge in [-0.2, -0.15) is 5.26 Å². The highest BCUT2D eigenvalue weighted by atomic mass is 16.6. The fourth-order valence-electron chi connectivity index (χ4n) is 3.46. The van der Waals surface area contributed by atoms with Crippen molar-refractivity contribution in [2.75, 3.05) is 6.54 Å². The zero-order valence-electron chi connectivity index (χ0n) is 21.2. The number of nitrogens with zero attached hydrogens (tertiary/aromatic N) is 2. The van der Waals surface area contributed by atoms with Crippen molar-refractivity contribution in [2.24, 2.45) is 0 Å². The normalized spacial score (nSPS) is 12.6. The van der Waals surface area contributed by atoms with Crippen LogP contribution in [0, 0.1) is 25.2 Å². The number of hydrogen-bond acceptors (Lipinski definition) is 5. The highest BCUT2D eigenvalue weighted by molar-refractivity contribution is 5.92. The number of carbonyl (C=O) groups excluding carboxylic acids is 3. The molecule has 35 heavy (non-hydrogen) atoms. The molecule has 0 radical (unpaired) electrons. The molecule has 186 valence electrons. The molecule has 0 spiro atoms. The molecular weight excluding hydrogens is 444 g/mol. The van der Waals surface area contributed by atoms with Gasteiger partial charge in [0, 0.05) is 6.54 Å². The van der Waals surface area contributed by atoms with Gasteiger partial charge in [0.1, 0.15) is 24.2 Å². The van der Waals surface area contributed by atoms with Crippen LogP contribution in [0.3, 0.4) is 0 Å². The Hall–Kier alpha value is -3.86. The zero-order valence-corrected chi connectivity index (χ0v) is 21.2. The van der Waals surface area contributed by atoms with Crippen LogP contribution >= 0.6 is 0 Å². The van der Waals surface area contributed by atoms with E-state index < -0.39 is 35.6 Å². The number of hydrogen-bond donors (Lipinski definition) is 2. The Kier molecular flexibility index (Phi) is 9.41. The summed E-state index contributed by atoms with van der Waals surface area (Å²) in [7, 11) is 0. The molecule has 2 aromatic rings. The molecule has 2 rings (SSSR count). The van der Waals surface area contributed by atoms with Gasteiger partial charge in [-0.15, -0.1) is 0 Å². The average molecular weight is 479 g/mol. The Bertz CT molecular complexity index is 1090. The van der Waals surface area contributed by atoms with E-state index in [0.717, 1.165) is 16.7 Å². The number of amides is 3. The summed E-state index contributed by atoms with van der Waals surface area (Å²) in [6.07, 6.45) is -0.758. The maximum absolute atomic E-state index is 13.4. The second kappa shape index (κ2) is 12.0. The van der Waals surface area contributed by atoms with Crippen LogP contribution in [0.2, 0.25) is 0 Å². The first-order chi connectivity index (χ1) is 16.4. The van der Waals surface area contributed by atoms with Crippen molar-refractivity contribution in [3.8, 4) is 6.07 Å². The molecule has 0 aliphatic heterocycles. The maximum atomic E-state index is 13.4. The summed E-state index contributed by atoms with van der Waals surface area (Å²) < 4.78 is 5.24. The number of nitrogens with one attached hydrogen (secondary N) is 2. The second-order valence-electron chi connectivity index (χ2n) is 9.44. The molecule has 2 unspecified atom stereocenters. The zero-order chi connectivity index (χ0) is 26.2. The van der Waals surface area contributed by atoms with Crippen molar-refractivity contribution in [1.29, 1.82) is 5.26 Å². The van der Waals surface area contributed by atoms with Crippen LogP contribution in [-0.4, -0.2) is 41.0 Å². The standard InChI is InChI=1S/C27H34N4O4/c1-18-12-13-22(16-19(18)2)23(24(32)29-17-21-10-8-7-9-11-21)31(15-14-28)25(33)20(3)30-26(34)35-27(4,5)6/h7-13,16,20,23H,15,17H2,1-6H3,(H,29,32)(H,30,34). The van der Waals surface area contributed by atoms with E-state index in [1.54, 1.807) is 26.8 Å². The minimum absolute atomic E-state index is 0.265. The predicted octanol–water partition coefficient (Wildman–Crippen LogP) is 3.93. The number of rotatable bonds is 8. The van der Waals surface area contributed by atoms with E-state index in [-0.39, 0.29) is 13.1 Å². The van der Waals surface area contributed by atoms with E-state index in [9.17, 15) is 19.6 Å². The maximum Gasteiger partial charge on any atom is 0.408 e. The van der Waals surface area contributed by atoms with Gasteiger partial charge < -0.3 is 20.3 Å². The van der Waals surface area contributed by atoms with Gasteiger partial charge in [-0.05, 0) is 63.8 Å². The monoisotopic (exact) mass is 478 g/mol. The lowest BCUT2D eigenvalue weighted by atomic mass is 9.98. The molecular formula is C27H34N4O4. The first-order valence-electron chi connectivity index (χ1n) is 11.5. The van der Waals surface area contributed by atoms with Crippen LogP contribution in [0.15, 0.2) is 48.5 Å². The predicted molar refractivity (Wildman–Crippen MR) is 133 cm³/mol. The first kappa shape index (κ1) is 27.4. The van der Waals surface area contributed by atoms with Gasteiger partial charge >= 0.3 is 6.09 Å². The van der Waals surface area contributed by atoms with Crippen molar-refractivity contribution in [3.05, 3.63) is 70.8 Å². The Morgan fingerprint density at radius 2 is 1.71 bits per heavy atom.